The summed E-state index contributed by atoms with van der Waals surface area (Å²) in [6.45, 7) is 4.50. The number of halogens is 2. The molecule has 4 nitrogen and oxygen atoms in total. The lowest BCUT2D eigenvalue weighted by molar-refractivity contribution is 0.739. The van der Waals surface area contributed by atoms with E-state index in [1.165, 1.54) is 0 Å². The molecule has 0 saturated heterocycles. The van der Waals surface area contributed by atoms with E-state index < -0.39 is 0 Å². The van der Waals surface area contributed by atoms with Gasteiger partial charge in [0.15, 0.2) is 0 Å². The Morgan fingerprint density at radius 2 is 1.93 bits per heavy atom. The Hall–Kier alpha value is -2.61. The molecule has 0 aliphatic heterocycles. The highest BCUT2D eigenvalue weighted by Crippen LogP contribution is 2.23. The van der Waals surface area contributed by atoms with Crippen molar-refractivity contribution in [2.75, 3.05) is 11.9 Å². The smallest absolute Gasteiger partial charge is 0.130 e. The Morgan fingerprint density at radius 1 is 1.10 bits per heavy atom. The molecule has 3 rings (SSSR count). The number of hydrogen-bond acceptors (Lipinski definition) is 4. The van der Waals surface area contributed by atoms with Crippen LogP contribution in [0.1, 0.15) is 23.9 Å². The Bertz CT molecular complexity index is 1040. The molecule has 1 aromatic heterocycles. The molecule has 0 radical (unpaired) electrons. The maximum absolute atomic E-state index is 9.06. The summed E-state index contributed by atoms with van der Waals surface area (Å²) >= 11 is 12.2. The van der Waals surface area contributed by atoms with Gasteiger partial charge in [0.25, 0.3) is 0 Å². The minimum absolute atomic E-state index is 0.0192. The molecule has 1 heterocycles. The SMILES string of the molecule is Cc1nc(NCCc2ccc(Cl)cc2Cl)cc(-c2cccc(CC(C)C#N)c2)n1. The first-order valence-electron chi connectivity index (χ1n) is 9.47. The lowest BCUT2D eigenvalue weighted by Gasteiger charge is -2.11. The van der Waals surface area contributed by atoms with Gasteiger partial charge < -0.3 is 5.32 Å². The second-order valence-corrected chi connectivity index (χ2v) is 7.88. The van der Waals surface area contributed by atoms with Crippen molar-refractivity contribution in [2.24, 2.45) is 5.92 Å². The Kier molecular flexibility index (Phi) is 7.09. The molecule has 2 aromatic carbocycles. The molecule has 0 aliphatic rings. The number of rotatable bonds is 7. The summed E-state index contributed by atoms with van der Waals surface area (Å²) in [7, 11) is 0. The molecule has 1 unspecified atom stereocenters. The van der Waals surface area contributed by atoms with E-state index in [4.69, 9.17) is 28.5 Å². The Morgan fingerprint density at radius 3 is 2.69 bits per heavy atom. The third-order valence-electron chi connectivity index (χ3n) is 4.54. The van der Waals surface area contributed by atoms with Gasteiger partial charge in [-0.3, -0.25) is 0 Å². The van der Waals surface area contributed by atoms with Crippen LogP contribution >= 0.6 is 23.2 Å². The third-order valence-corrected chi connectivity index (χ3v) is 5.13. The lowest BCUT2D eigenvalue weighted by atomic mass is 9.99. The van der Waals surface area contributed by atoms with Crippen molar-refractivity contribution in [1.29, 1.82) is 5.26 Å². The molecule has 0 spiro atoms. The molecule has 1 atom stereocenters. The van der Waals surface area contributed by atoms with E-state index in [0.717, 1.165) is 41.0 Å². The number of nitrogens with one attached hydrogen (secondary N) is 1. The molecule has 0 saturated carbocycles. The van der Waals surface area contributed by atoms with E-state index >= 15 is 0 Å². The fraction of sp³-hybridized carbons (Fsp3) is 0.261. The van der Waals surface area contributed by atoms with Crippen LogP contribution in [0.15, 0.2) is 48.5 Å². The molecule has 3 aromatic rings. The summed E-state index contributed by atoms with van der Waals surface area (Å²) in [6.07, 6.45) is 1.48. The molecule has 29 heavy (non-hydrogen) atoms. The largest absolute Gasteiger partial charge is 0.370 e. The van der Waals surface area contributed by atoms with Crippen molar-refractivity contribution < 1.29 is 0 Å². The number of anilines is 1. The molecular formula is C23H22Cl2N4. The van der Waals surface area contributed by atoms with Gasteiger partial charge in [0.1, 0.15) is 11.6 Å². The van der Waals surface area contributed by atoms with Crippen molar-refractivity contribution in [3.05, 3.63) is 75.5 Å². The minimum atomic E-state index is -0.0192. The van der Waals surface area contributed by atoms with E-state index in [1.807, 2.05) is 50.2 Å². The molecule has 0 fully saturated rings. The van der Waals surface area contributed by atoms with E-state index in [0.29, 0.717) is 22.4 Å². The second-order valence-electron chi connectivity index (χ2n) is 7.03. The number of hydrogen-bond donors (Lipinski definition) is 1. The minimum Gasteiger partial charge on any atom is -0.370 e. The number of aromatic nitrogens is 2. The molecule has 148 valence electrons. The van der Waals surface area contributed by atoms with Crippen LogP contribution < -0.4 is 5.32 Å². The molecule has 6 heteroatoms. The zero-order valence-electron chi connectivity index (χ0n) is 16.4. The molecule has 0 amide bonds. The van der Waals surface area contributed by atoms with Crippen molar-refractivity contribution in [2.45, 2.75) is 26.7 Å². The van der Waals surface area contributed by atoms with Gasteiger partial charge in [0, 0.05) is 34.1 Å². The first-order valence-corrected chi connectivity index (χ1v) is 10.2. The topological polar surface area (TPSA) is 61.6 Å². The van der Waals surface area contributed by atoms with Crippen LogP contribution in [0.5, 0.6) is 0 Å². The predicted octanol–water partition coefficient (Wildman–Crippen LogP) is 6.12. The highest BCUT2D eigenvalue weighted by molar-refractivity contribution is 6.35. The summed E-state index contributed by atoms with van der Waals surface area (Å²) in [5, 5.41) is 13.7. The van der Waals surface area contributed by atoms with Crippen LogP contribution in [0, 0.1) is 24.2 Å². The highest BCUT2D eigenvalue weighted by Gasteiger charge is 2.08. The van der Waals surface area contributed by atoms with Gasteiger partial charge in [-0.15, -0.1) is 0 Å². The average Bonchev–Trinajstić information content (AvgIpc) is 2.69. The highest BCUT2D eigenvalue weighted by atomic mass is 35.5. The molecular weight excluding hydrogens is 403 g/mol. The first-order chi connectivity index (χ1) is 13.9. The predicted molar refractivity (Wildman–Crippen MR) is 119 cm³/mol. The van der Waals surface area contributed by atoms with E-state index in [9.17, 15) is 0 Å². The molecule has 1 N–H and O–H groups in total. The summed E-state index contributed by atoms with van der Waals surface area (Å²) in [5.74, 6) is 1.45. The number of benzene rings is 2. The third kappa shape index (κ3) is 5.93. The summed E-state index contributed by atoms with van der Waals surface area (Å²) < 4.78 is 0. The van der Waals surface area contributed by atoms with Gasteiger partial charge in [-0.1, -0.05) is 47.5 Å². The van der Waals surface area contributed by atoms with Crippen LogP contribution in [0.25, 0.3) is 11.3 Å². The van der Waals surface area contributed by atoms with Crippen molar-refractivity contribution in [3.8, 4) is 17.3 Å². The summed E-state index contributed by atoms with van der Waals surface area (Å²) in [4.78, 5) is 9.07. The Labute approximate surface area is 181 Å². The average molecular weight is 425 g/mol. The van der Waals surface area contributed by atoms with Crippen molar-refractivity contribution >= 4 is 29.0 Å². The van der Waals surface area contributed by atoms with Crippen LogP contribution in [0.4, 0.5) is 5.82 Å². The fourth-order valence-corrected chi connectivity index (χ4v) is 3.62. The standard InChI is InChI=1S/C23H22Cl2N4/c1-15(14-26)10-17-4-3-5-19(11-17)22-13-23(29-16(2)28-22)27-9-8-18-6-7-20(24)12-21(18)25/h3-7,11-13,15H,8-10H2,1-2H3,(H,27,28,29). The van der Waals surface area contributed by atoms with Gasteiger partial charge in [-0.05, 0) is 56.0 Å². The fourth-order valence-electron chi connectivity index (χ4n) is 3.11. The summed E-state index contributed by atoms with van der Waals surface area (Å²) in [6, 6.07) is 17.9. The maximum atomic E-state index is 9.06. The van der Waals surface area contributed by atoms with Gasteiger partial charge in [-0.2, -0.15) is 5.26 Å². The Balaban J connectivity index is 1.73. The number of nitrogens with zero attached hydrogens (tertiary/aromatic N) is 3. The normalized spacial score (nSPS) is 11.7. The van der Waals surface area contributed by atoms with Crippen LogP contribution in [-0.4, -0.2) is 16.5 Å². The zero-order chi connectivity index (χ0) is 20.8. The van der Waals surface area contributed by atoms with Crippen LogP contribution in [-0.2, 0) is 12.8 Å². The monoisotopic (exact) mass is 424 g/mol. The van der Waals surface area contributed by atoms with Crippen LogP contribution in [0.3, 0.4) is 0 Å². The quantitative estimate of drug-likeness (QED) is 0.496. The first kappa shape index (κ1) is 21.1. The van der Waals surface area contributed by atoms with E-state index in [2.05, 4.69) is 27.4 Å². The summed E-state index contributed by atoms with van der Waals surface area (Å²) in [5.41, 5.74) is 4.03. The van der Waals surface area contributed by atoms with E-state index in [-0.39, 0.29) is 5.92 Å². The van der Waals surface area contributed by atoms with Crippen molar-refractivity contribution in [3.63, 3.8) is 0 Å². The van der Waals surface area contributed by atoms with Gasteiger partial charge in [-0.25, -0.2) is 9.97 Å². The molecule has 0 bridgehead atoms. The van der Waals surface area contributed by atoms with Gasteiger partial charge in [0.05, 0.1) is 11.8 Å². The number of aryl methyl sites for hydroxylation is 1. The van der Waals surface area contributed by atoms with Gasteiger partial charge in [0.2, 0.25) is 0 Å². The second kappa shape index (κ2) is 9.73. The molecule has 0 aliphatic carbocycles. The van der Waals surface area contributed by atoms with Crippen LogP contribution in [0.2, 0.25) is 10.0 Å². The lowest BCUT2D eigenvalue weighted by Crippen LogP contribution is -2.08. The van der Waals surface area contributed by atoms with Crippen molar-refractivity contribution in [1.82, 2.24) is 9.97 Å². The van der Waals surface area contributed by atoms with Gasteiger partial charge >= 0.3 is 0 Å². The maximum Gasteiger partial charge on any atom is 0.130 e. The van der Waals surface area contributed by atoms with E-state index in [1.54, 1.807) is 6.07 Å². The zero-order valence-corrected chi connectivity index (χ0v) is 17.9. The number of nitriles is 1.